The SMILES string of the molecule is Cc1noc(C(C)N(C)CC#N)n1. The van der Waals surface area contributed by atoms with Gasteiger partial charge in [-0.25, -0.2) is 0 Å². The van der Waals surface area contributed by atoms with Crippen molar-refractivity contribution in [2.24, 2.45) is 0 Å². The normalized spacial score (nSPS) is 12.8. The number of hydrogen-bond donors (Lipinski definition) is 0. The molecule has 0 aliphatic carbocycles. The summed E-state index contributed by atoms with van der Waals surface area (Å²) in [5.41, 5.74) is 0. The van der Waals surface area contributed by atoms with Crippen molar-refractivity contribution in [2.45, 2.75) is 19.9 Å². The van der Waals surface area contributed by atoms with E-state index in [1.54, 1.807) is 6.92 Å². The summed E-state index contributed by atoms with van der Waals surface area (Å²) in [4.78, 5) is 5.93. The van der Waals surface area contributed by atoms with Crippen LogP contribution in [0.5, 0.6) is 0 Å². The molecule has 5 heteroatoms. The van der Waals surface area contributed by atoms with Crippen LogP contribution in [-0.4, -0.2) is 28.6 Å². The predicted molar refractivity (Wildman–Crippen MR) is 45.7 cm³/mol. The highest BCUT2D eigenvalue weighted by atomic mass is 16.5. The Morgan fingerprint density at radius 3 is 2.85 bits per heavy atom. The van der Waals surface area contributed by atoms with Crippen LogP contribution in [0.2, 0.25) is 0 Å². The number of hydrogen-bond acceptors (Lipinski definition) is 5. The van der Waals surface area contributed by atoms with Gasteiger partial charge in [0.15, 0.2) is 5.82 Å². The predicted octanol–water partition coefficient (Wildman–Crippen LogP) is 0.894. The summed E-state index contributed by atoms with van der Waals surface area (Å²) in [6, 6.07) is 2.05. The van der Waals surface area contributed by atoms with Gasteiger partial charge in [-0.1, -0.05) is 5.16 Å². The Kier molecular flexibility index (Phi) is 2.98. The number of nitrogens with zero attached hydrogens (tertiary/aromatic N) is 4. The number of nitriles is 1. The summed E-state index contributed by atoms with van der Waals surface area (Å²) >= 11 is 0. The molecule has 0 saturated heterocycles. The van der Waals surface area contributed by atoms with Gasteiger partial charge in [-0.3, -0.25) is 4.90 Å². The zero-order valence-electron chi connectivity index (χ0n) is 7.98. The van der Waals surface area contributed by atoms with Crippen LogP contribution in [-0.2, 0) is 0 Å². The van der Waals surface area contributed by atoms with Crippen LogP contribution in [0.1, 0.15) is 24.7 Å². The third-order valence-corrected chi connectivity index (χ3v) is 1.88. The molecule has 1 atom stereocenters. The molecule has 0 bridgehead atoms. The second-order valence-electron chi connectivity index (χ2n) is 2.93. The van der Waals surface area contributed by atoms with Crippen LogP contribution >= 0.6 is 0 Å². The van der Waals surface area contributed by atoms with Crippen LogP contribution in [0.4, 0.5) is 0 Å². The maximum Gasteiger partial charge on any atom is 0.243 e. The topological polar surface area (TPSA) is 66.0 Å². The minimum Gasteiger partial charge on any atom is -0.338 e. The molecule has 1 aromatic rings. The summed E-state index contributed by atoms with van der Waals surface area (Å²) in [7, 11) is 1.84. The molecule has 0 fully saturated rings. The Morgan fingerprint density at radius 2 is 2.38 bits per heavy atom. The molecule has 1 rings (SSSR count). The van der Waals surface area contributed by atoms with Gasteiger partial charge in [0.05, 0.1) is 18.7 Å². The summed E-state index contributed by atoms with van der Waals surface area (Å²) in [5, 5.41) is 12.2. The van der Waals surface area contributed by atoms with Crippen molar-refractivity contribution < 1.29 is 4.52 Å². The van der Waals surface area contributed by atoms with Gasteiger partial charge < -0.3 is 4.52 Å². The van der Waals surface area contributed by atoms with Crippen LogP contribution < -0.4 is 0 Å². The van der Waals surface area contributed by atoms with E-state index in [9.17, 15) is 0 Å². The highest BCUT2D eigenvalue weighted by molar-refractivity contribution is 4.91. The minimum absolute atomic E-state index is 0.0131. The van der Waals surface area contributed by atoms with Crippen molar-refractivity contribution in [3.63, 3.8) is 0 Å². The molecule has 0 radical (unpaired) electrons. The van der Waals surface area contributed by atoms with E-state index < -0.39 is 0 Å². The zero-order valence-corrected chi connectivity index (χ0v) is 7.98. The lowest BCUT2D eigenvalue weighted by molar-refractivity contribution is 0.228. The number of aromatic nitrogens is 2. The molecule has 13 heavy (non-hydrogen) atoms. The molecule has 0 aliphatic rings. The van der Waals surface area contributed by atoms with Gasteiger partial charge in [0.25, 0.3) is 0 Å². The fourth-order valence-electron chi connectivity index (χ4n) is 0.920. The van der Waals surface area contributed by atoms with Crippen molar-refractivity contribution in [2.75, 3.05) is 13.6 Å². The first-order valence-electron chi connectivity index (χ1n) is 4.02. The summed E-state index contributed by atoms with van der Waals surface area (Å²) in [6.07, 6.45) is 0. The average Bonchev–Trinajstić information content (AvgIpc) is 2.51. The van der Waals surface area contributed by atoms with Crippen LogP contribution in [0.25, 0.3) is 0 Å². The highest BCUT2D eigenvalue weighted by Crippen LogP contribution is 2.15. The van der Waals surface area contributed by atoms with Gasteiger partial charge in [-0.05, 0) is 20.9 Å². The Hall–Kier alpha value is -1.41. The molecule has 0 aliphatic heterocycles. The third-order valence-electron chi connectivity index (χ3n) is 1.88. The Balaban J connectivity index is 2.68. The minimum atomic E-state index is -0.0131. The van der Waals surface area contributed by atoms with Crippen molar-refractivity contribution in [1.29, 1.82) is 5.26 Å². The van der Waals surface area contributed by atoms with Gasteiger partial charge in [0.2, 0.25) is 5.89 Å². The molecule has 1 heterocycles. The van der Waals surface area contributed by atoms with Gasteiger partial charge in [-0.2, -0.15) is 10.2 Å². The maximum absolute atomic E-state index is 8.48. The van der Waals surface area contributed by atoms with Crippen LogP contribution in [0, 0.1) is 18.3 Å². The van der Waals surface area contributed by atoms with E-state index >= 15 is 0 Å². The van der Waals surface area contributed by atoms with E-state index in [2.05, 4.69) is 16.2 Å². The second-order valence-corrected chi connectivity index (χ2v) is 2.93. The molecule has 0 aromatic carbocycles. The third kappa shape index (κ3) is 2.26. The van der Waals surface area contributed by atoms with Crippen LogP contribution in [0.15, 0.2) is 4.52 Å². The quantitative estimate of drug-likeness (QED) is 0.646. The maximum atomic E-state index is 8.48. The Labute approximate surface area is 77.0 Å². The van der Waals surface area contributed by atoms with Crippen LogP contribution in [0.3, 0.4) is 0 Å². The number of rotatable bonds is 3. The molecule has 0 amide bonds. The average molecular weight is 180 g/mol. The molecule has 0 spiro atoms. The lowest BCUT2D eigenvalue weighted by Crippen LogP contribution is -2.22. The van der Waals surface area contributed by atoms with E-state index in [0.717, 1.165) is 0 Å². The molecule has 5 nitrogen and oxygen atoms in total. The Bertz CT molecular complexity index is 314. The van der Waals surface area contributed by atoms with E-state index in [1.165, 1.54) is 0 Å². The summed E-state index contributed by atoms with van der Waals surface area (Å²) in [6.45, 7) is 4.04. The number of aryl methyl sites for hydroxylation is 1. The standard InChI is InChI=1S/C8H12N4O/c1-6(12(3)5-4-9)8-10-7(2)11-13-8/h6H,5H2,1-3H3. The highest BCUT2D eigenvalue weighted by Gasteiger charge is 2.16. The molecule has 1 aromatic heterocycles. The van der Waals surface area contributed by atoms with Crippen molar-refractivity contribution >= 4 is 0 Å². The van der Waals surface area contributed by atoms with Gasteiger partial charge >= 0.3 is 0 Å². The van der Waals surface area contributed by atoms with E-state index in [-0.39, 0.29) is 6.04 Å². The summed E-state index contributed by atoms with van der Waals surface area (Å²) in [5.74, 6) is 1.17. The van der Waals surface area contributed by atoms with Crippen molar-refractivity contribution in [3.8, 4) is 6.07 Å². The zero-order chi connectivity index (χ0) is 9.84. The molecule has 1 unspecified atom stereocenters. The smallest absolute Gasteiger partial charge is 0.243 e. The molecule has 70 valence electrons. The monoisotopic (exact) mass is 180 g/mol. The molecular weight excluding hydrogens is 168 g/mol. The first-order valence-corrected chi connectivity index (χ1v) is 4.02. The van der Waals surface area contributed by atoms with Gasteiger partial charge in [0.1, 0.15) is 0 Å². The van der Waals surface area contributed by atoms with Crippen molar-refractivity contribution in [1.82, 2.24) is 15.0 Å². The van der Waals surface area contributed by atoms with Crippen molar-refractivity contribution in [3.05, 3.63) is 11.7 Å². The van der Waals surface area contributed by atoms with Gasteiger partial charge in [-0.15, -0.1) is 0 Å². The van der Waals surface area contributed by atoms with E-state index in [4.69, 9.17) is 9.78 Å². The first kappa shape index (κ1) is 9.68. The van der Waals surface area contributed by atoms with Gasteiger partial charge in [0, 0.05) is 0 Å². The lowest BCUT2D eigenvalue weighted by atomic mass is 10.3. The first-order chi connectivity index (χ1) is 6.15. The fourth-order valence-corrected chi connectivity index (χ4v) is 0.920. The largest absolute Gasteiger partial charge is 0.338 e. The second kappa shape index (κ2) is 4.01. The molecule has 0 saturated carbocycles. The molecule has 0 N–H and O–H groups in total. The molecular formula is C8H12N4O. The summed E-state index contributed by atoms with van der Waals surface area (Å²) < 4.78 is 4.98. The van der Waals surface area contributed by atoms with E-state index in [0.29, 0.717) is 18.3 Å². The van der Waals surface area contributed by atoms with E-state index in [1.807, 2.05) is 18.9 Å². The fraction of sp³-hybridized carbons (Fsp3) is 0.625. The lowest BCUT2D eigenvalue weighted by Gasteiger charge is -2.17. The Morgan fingerprint density at radius 1 is 1.69 bits per heavy atom.